The fraction of sp³-hybridized carbons (Fsp3) is 0.574. The van der Waals surface area contributed by atoms with Gasteiger partial charge in [0.05, 0.1) is 18.8 Å². The number of ether oxygens (including phenoxy) is 2. The SMILES string of the molecule is CCCCCCCCN(CCCCCCCC)C[C@H]1O[C@@H](c2ccc(-c3ccccc3CNC(=O)CCCC(=O)O)cc2)O[C@@H](c2ccc(CO)cc2)[C@H]1C. The lowest BCUT2D eigenvalue weighted by atomic mass is 9.89. The van der Waals surface area contributed by atoms with E-state index in [0.29, 0.717) is 13.0 Å². The van der Waals surface area contributed by atoms with Crippen LogP contribution in [0.25, 0.3) is 11.1 Å². The zero-order chi connectivity index (χ0) is 39.3. The third-order valence-electron chi connectivity index (χ3n) is 11.0. The van der Waals surface area contributed by atoms with Crippen LogP contribution in [0.5, 0.6) is 0 Å². The molecule has 4 atom stereocenters. The summed E-state index contributed by atoms with van der Waals surface area (Å²) in [4.78, 5) is 25.9. The fourth-order valence-electron chi connectivity index (χ4n) is 7.57. The number of aliphatic carboxylic acids is 1. The molecular weight excluding hydrogens is 689 g/mol. The standard InChI is InChI=1S/C47H68N2O6/c1-4-6-8-10-12-16-31-49(32-17-13-11-9-7-5-2)34-43-36(3)46(39-25-23-37(35-50)24-26-39)55-47(54-43)40-29-27-38(28-30-40)42-20-15-14-19-41(42)33-48-44(51)21-18-22-45(52)53/h14-15,19-20,23-30,36,43,46-47,50H,4-13,16-18,21-22,31-35H2,1-3H3,(H,48,51)(H,52,53)/t36-,43+,46+,47+/m0/s1. The van der Waals surface area contributed by atoms with E-state index in [1.165, 1.54) is 77.0 Å². The highest BCUT2D eigenvalue weighted by Crippen LogP contribution is 2.42. The van der Waals surface area contributed by atoms with Crippen molar-refractivity contribution in [3.05, 3.63) is 95.1 Å². The molecule has 1 heterocycles. The highest BCUT2D eigenvalue weighted by molar-refractivity contribution is 5.77. The Morgan fingerprint density at radius 2 is 1.31 bits per heavy atom. The lowest BCUT2D eigenvalue weighted by Crippen LogP contribution is -2.45. The molecule has 0 aromatic heterocycles. The van der Waals surface area contributed by atoms with Gasteiger partial charge in [-0.25, -0.2) is 0 Å². The molecule has 1 saturated heterocycles. The number of aliphatic hydroxyl groups excluding tert-OH is 1. The average molecular weight is 757 g/mol. The molecule has 4 rings (SSSR count). The average Bonchev–Trinajstić information content (AvgIpc) is 3.20. The zero-order valence-electron chi connectivity index (χ0n) is 33.9. The first-order chi connectivity index (χ1) is 26.8. The third-order valence-corrected chi connectivity index (χ3v) is 11.0. The van der Waals surface area contributed by atoms with Crippen molar-refractivity contribution in [2.45, 2.75) is 149 Å². The lowest BCUT2D eigenvalue weighted by Gasteiger charge is -2.43. The summed E-state index contributed by atoms with van der Waals surface area (Å²) >= 11 is 0. The topological polar surface area (TPSA) is 108 Å². The Morgan fingerprint density at radius 3 is 1.93 bits per heavy atom. The Labute approximate surface area is 331 Å². The van der Waals surface area contributed by atoms with Gasteiger partial charge >= 0.3 is 5.97 Å². The molecule has 0 spiro atoms. The van der Waals surface area contributed by atoms with Crippen LogP contribution < -0.4 is 5.32 Å². The van der Waals surface area contributed by atoms with Gasteiger partial charge in [-0.2, -0.15) is 0 Å². The quantitative estimate of drug-likeness (QED) is 0.0700. The summed E-state index contributed by atoms with van der Waals surface area (Å²) in [7, 11) is 0. The van der Waals surface area contributed by atoms with Crippen molar-refractivity contribution >= 4 is 11.9 Å². The van der Waals surface area contributed by atoms with Crippen LogP contribution in [0, 0.1) is 5.92 Å². The number of amides is 1. The number of hydrogen-bond acceptors (Lipinski definition) is 6. The first-order valence-electron chi connectivity index (χ1n) is 21.2. The summed E-state index contributed by atoms with van der Waals surface area (Å²) in [6.07, 6.45) is 15.2. The van der Waals surface area contributed by atoms with Gasteiger partial charge in [0.2, 0.25) is 5.91 Å². The summed E-state index contributed by atoms with van der Waals surface area (Å²) in [6, 6.07) is 24.5. The molecule has 1 fully saturated rings. The molecule has 1 aliphatic rings. The van der Waals surface area contributed by atoms with Crippen molar-refractivity contribution in [2.75, 3.05) is 19.6 Å². The molecule has 302 valence electrons. The van der Waals surface area contributed by atoms with E-state index in [9.17, 15) is 14.7 Å². The second-order valence-corrected chi connectivity index (χ2v) is 15.5. The summed E-state index contributed by atoms with van der Waals surface area (Å²) in [5.41, 5.74) is 5.98. The molecule has 3 aromatic carbocycles. The van der Waals surface area contributed by atoms with Gasteiger partial charge in [-0.15, -0.1) is 0 Å². The largest absolute Gasteiger partial charge is 0.481 e. The molecule has 3 N–H and O–H groups in total. The van der Waals surface area contributed by atoms with Gasteiger partial charge in [-0.3, -0.25) is 9.59 Å². The molecule has 0 unspecified atom stereocenters. The monoisotopic (exact) mass is 757 g/mol. The van der Waals surface area contributed by atoms with Crippen molar-refractivity contribution in [1.29, 1.82) is 0 Å². The number of carboxylic acids is 1. The number of unbranched alkanes of at least 4 members (excludes halogenated alkanes) is 10. The van der Waals surface area contributed by atoms with E-state index >= 15 is 0 Å². The molecule has 1 amide bonds. The Balaban J connectivity index is 1.50. The first-order valence-corrected chi connectivity index (χ1v) is 21.2. The molecule has 0 radical (unpaired) electrons. The minimum Gasteiger partial charge on any atom is -0.481 e. The van der Waals surface area contributed by atoms with Gasteiger partial charge in [0.25, 0.3) is 0 Å². The van der Waals surface area contributed by atoms with Gasteiger partial charge in [0.1, 0.15) is 0 Å². The van der Waals surface area contributed by atoms with E-state index < -0.39 is 12.3 Å². The first kappa shape index (κ1) is 44.2. The Bertz CT molecular complexity index is 1510. The Morgan fingerprint density at radius 1 is 0.709 bits per heavy atom. The lowest BCUT2D eigenvalue weighted by molar-refractivity contribution is -0.276. The second-order valence-electron chi connectivity index (χ2n) is 15.5. The molecule has 1 aliphatic heterocycles. The smallest absolute Gasteiger partial charge is 0.303 e. The van der Waals surface area contributed by atoms with Crippen LogP contribution in [0.15, 0.2) is 72.8 Å². The van der Waals surface area contributed by atoms with Gasteiger partial charge in [0, 0.05) is 37.4 Å². The number of nitrogens with zero attached hydrogens (tertiary/aromatic N) is 1. The zero-order valence-corrected chi connectivity index (χ0v) is 33.9. The summed E-state index contributed by atoms with van der Waals surface area (Å²) < 4.78 is 13.7. The number of carboxylic acid groups (broad SMARTS) is 1. The van der Waals surface area contributed by atoms with Crippen LogP contribution in [0.3, 0.4) is 0 Å². The number of nitrogens with one attached hydrogen (secondary N) is 1. The second kappa shape index (κ2) is 24.8. The normalized spacial score (nSPS) is 18.4. The van der Waals surface area contributed by atoms with Crippen molar-refractivity contribution in [2.24, 2.45) is 5.92 Å². The van der Waals surface area contributed by atoms with Gasteiger partial charge in [-0.05, 0) is 60.2 Å². The maximum absolute atomic E-state index is 12.4. The number of rotatable bonds is 26. The number of aliphatic hydroxyl groups is 1. The molecule has 8 nitrogen and oxygen atoms in total. The van der Waals surface area contributed by atoms with Gasteiger partial charge in [-0.1, -0.05) is 158 Å². The van der Waals surface area contributed by atoms with Crippen molar-refractivity contribution < 1.29 is 29.3 Å². The van der Waals surface area contributed by atoms with E-state index in [4.69, 9.17) is 14.6 Å². The number of benzene rings is 3. The van der Waals surface area contributed by atoms with Crippen LogP contribution in [-0.2, 0) is 32.2 Å². The molecule has 3 aromatic rings. The molecule has 0 saturated carbocycles. The summed E-state index contributed by atoms with van der Waals surface area (Å²) in [5, 5.41) is 21.6. The minimum atomic E-state index is -0.892. The maximum atomic E-state index is 12.4. The predicted octanol–water partition coefficient (Wildman–Crippen LogP) is 10.5. The molecule has 8 heteroatoms. The summed E-state index contributed by atoms with van der Waals surface area (Å²) in [5.74, 6) is -0.921. The molecule has 0 bridgehead atoms. The van der Waals surface area contributed by atoms with Crippen molar-refractivity contribution in [3.63, 3.8) is 0 Å². The van der Waals surface area contributed by atoms with E-state index in [1.807, 2.05) is 30.3 Å². The van der Waals surface area contributed by atoms with E-state index in [-0.39, 0.29) is 43.5 Å². The maximum Gasteiger partial charge on any atom is 0.303 e. The summed E-state index contributed by atoms with van der Waals surface area (Å²) in [6.45, 7) is 10.2. The van der Waals surface area contributed by atoms with E-state index in [2.05, 4.69) is 73.5 Å². The fourth-order valence-corrected chi connectivity index (χ4v) is 7.57. The highest BCUT2D eigenvalue weighted by atomic mass is 16.7. The Hall–Kier alpha value is -3.56. The Kier molecular flexibility index (Phi) is 20.0. The van der Waals surface area contributed by atoms with E-state index in [0.717, 1.165) is 53.0 Å². The van der Waals surface area contributed by atoms with Crippen LogP contribution >= 0.6 is 0 Å². The van der Waals surface area contributed by atoms with Crippen LogP contribution in [0.4, 0.5) is 0 Å². The van der Waals surface area contributed by atoms with Crippen LogP contribution in [0.1, 0.15) is 152 Å². The third kappa shape index (κ3) is 15.1. The minimum absolute atomic E-state index is 0.0101. The predicted molar refractivity (Wildman–Crippen MR) is 221 cm³/mol. The highest BCUT2D eigenvalue weighted by Gasteiger charge is 2.39. The van der Waals surface area contributed by atoms with E-state index in [1.54, 1.807) is 0 Å². The van der Waals surface area contributed by atoms with Gasteiger partial charge in [0.15, 0.2) is 6.29 Å². The number of carbonyl (C=O) groups is 2. The number of hydrogen-bond donors (Lipinski definition) is 3. The molecule has 0 aliphatic carbocycles. The number of carbonyl (C=O) groups excluding carboxylic acids is 1. The van der Waals surface area contributed by atoms with Gasteiger partial charge < -0.3 is 29.9 Å². The van der Waals surface area contributed by atoms with Crippen molar-refractivity contribution in [1.82, 2.24) is 10.2 Å². The molecular formula is C47H68N2O6. The van der Waals surface area contributed by atoms with Crippen molar-refractivity contribution in [3.8, 4) is 11.1 Å². The molecule has 55 heavy (non-hydrogen) atoms. The van der Waals surface area contributed by atoms with Crippen LogP contribution in [-0.4, -0.2) is 52.7 Å². The van der Waals surface area contributed by atoms with Crippen LogP contribution in [0.2, 0.25) is 0 Å².